The molecule has 0 unspecified atom stereocenters. The lowest BCUT2D eigenvalue weighted by Gasteiger charge is -2.34. The fourth-order valence-corrected chi connectivity index (χ4v) is 12.7. The van der Waals surface area contributed by atoms with E-state index >= 15 is 0 Å². The summed E-state index contributed by atoms with van der Waals surface area (Å²) in [5.74, 6) is 0. The summed E-state index contributed by atoms with van der Waals surface area (Å²) in [4.78, 5) is 4.91. The summed E-state index contributed by atoms with van der Waals surface area (Å²) >= 11 is 0. The Labute approximate surface area is 453 Å². The van der Waals surface area contributed by atoms with E-state index < -0.39 is 5.41 Å². The van der Waals surface area contributed by atoms with Gasteiger partial charge in [0.05, 0.1) is 22.5 Å². The highest BCUT2D eigenvalue weighted by Crippen LogP contribution is 2.63. The van der Waals surface area contributed by atoms with Crippen LogP contribution in [0.4, 0.5) is 34.1 Å². The Kier molecular flexibility index (Phi) is 10.8. The van der Waals surface area contributed by atoms with Gasteiger partial charge in [0.25, 0.3) is 0 Å². The second-order valence-corrected chi connectivity index (χ2v) is 20.3. The van der Waals surface area contributed by atoms with Gasteiger partial charge in [-0.3, -0.25) is 0 Å². The van der Waals surface area contributed by atoms with Gasteiger partial charge in [-0.05, 0) is 128 Å². The fraction of sp³-hybridized carbons (Fsp3) is 0.0133. The van der Waals surface area contributed by atoms with E-state index in [1.54, 1.807) is 0 Å². The monoisotopic (exact) mass is 994 g/mol. The zero-order valence-corrected chi connectivity index (χ0v) is 42.7. The molecule has 15 rings (SSSR count). The van der Waals surface area contributed by atoms with E-state index in [2.05, 4.69) is 313 Å². The first-order valence-electron chi connectivity index (χ1n) is 26.8. The van der Waals surface area contributed by atoms with Crippen LogP contribution in [0.15, 0.2) is 308 Å². The molecule has 14 aromatic rings. The van der Waals surface area contributed by atoms with E-state index in [9.17, 15) is 0 Å². The molecule has 0 spiro atoms. The van der Waals surface area contributed by atoms with E-state index in [-0.39, 0.29) is 0 Å². The first-order valence-corrected chi connectivity index (χ1v) is 26.8. The van der Waals surface area contributed by atoms with Crippen LogP contribution in [0.5, 0.6) is 0 Å². The average molecular weight is 995 g/mol. The minimum Gasteiger partial charge on any atom is -0.456 e. The van der Waals surface area contributed by atoms with Gasteiger partial charge in [-0.1, -0.05) is 231 Å². The Bertz CT molecular complexity index is 4500. The molecule has 0 fully saturated rings. The van der Waals surface area contributed by atoms with E-state index in [0.717, 1.165) is 78.0 Å². The van der Waals surface area contributed by atoms with Crippen molar-refractivity contribution >= 4 is 77.6 Å². The van der Waals surface area contributed by atoms with E-state index in [0.29, 0.717) is 0 Å². The first kappa shape index (κ1) is 45.2. The van der Waals surface area contributed by atoms with Gasteiger partial charge < -0.3 is 14.2 Å². The van der Waals surface area contributed by atoms with Gasteiger partial charge in [-0.2, -0.15) is 0 Å². The van der Waals surface area contributed by atoms with Crippen molar-refractivity contribution < 1.29 is 4.42 Å². The van der Waals surface area contributed by atoms with Crippen molar-refractivity contribution in [2.45, 2.75) is 5.41 Å². The predicted octanol–water partition coefficient (Wildman–Crippen LogP) is 20.5. The lowest BCUT2D eigenvalue weighted by Crippen LogP contribution is -2.28. The molecular weight excluding hydrogens is 945 g/mol. The zero-order valence-electron chi connectivity index (χ0n) is 42.7. The van der Waals surface area contributed by atoms with Crippen LogP contribution in [0.1, 0.15) is 22.3 Å². The van der Waals surface area contributed by atoms with Crippen molar-refractivity contribution in [1.82, 2.24) is 0 Å². The normalized spacial score (nSPS) is 12.5. The molecule has 1 heterocycles. The summed E-state index contributed by atoms with van der Waals surface area (Å²) < 4.78 is 7.53. The molecule has 366 valence electrons. The molecule has 0 amide bonds. The van der Waals surface area contributed by atoms with Crippen LogP contribution in [0, 0.1) is 0 Å². The third-order valence-electron chi connectivity index (χ3n) is 16.1. The number of rotatable bonds is 10. The summed E-state index contributed by atoms with van der Waals surface area (Å²) in [5.41, 5.74) is 19.1. The van der Waals surface area contributed by atoms with Crippen LogP contribution >= 0.6 is 0 Å². The highest BCUT2D eigenvalue weighted by molar-refractivity contribution is 6.16. The number of furan rings is 1. The van der Waals surface area contributed by atoms with Crippen LogP contribution < -0.4 is 9.80 Å². The smallest absolute Gasteiger partial charge is 0.140 e. The highest BCUT2D eigenvalue weighted by atomic mass is 16.3. The maximum absolute atomic E-state index is 7.53. The second kappa shape index (κ2) is 18.6. The minimum atomic E-state index is -0.761. The van der Waals surface area contributed by atoms with Crippen molar-refractivity contribution in [2.24, 2.45) is 0 Å². The third-order valence-corrected chi connectivity index (χ3v) is 16.1. The van der Waals surface area contributed by atoms with Crippen molar-refractivity contribution in [1.29, 1.82) is 0 Å². The van der Waals surface area contributed by atoms with Crippen molar-refractivity contribution in [3.8, 4) is 33.4 Å². The molecule has 0 aliphatic heterocycles. The summed E-state index contributed by atoms with van der Waals surface area (Å²) in [7, 11) is 0. The largest absolute Gasteiger partial charge is 0.456 e. The molecule has 1 aliphatic rings. The molecule has 0 N–H and O–H groups in total. The standard InChI is InChI=1S/C75H50N2O/c1-7-23-51(24-8-1)53-41-44-62-55(47-53)27-21-39-68(62)76(59-33-15-5-16-34-59)61-43-46-71-65(49-61)66-50-70(77(60-35-17-6-18-36-60)69-40-22-28-56-48-54(42-45-63(56)69)52-25-9-2-10-26-52)72-64-37-19-20-38-67(64)75(73(72)74(66)78-71,57-29-11-3-12-30-57)58-31-13-4-14-32-58/h1-50H. The number of hydrogen-bond acceptors (Lipinski definition) is 3. The molecule has 0 atom stereocenters. The summed E-state index contributed by atoms with van der Waals surface area (Å²) in [6.45, 7) is 0. The van der Waals surface area contributed by atoms with E-state index in [4.69, 9.17) is 4.42 Å². The van der Waals surface area contributed by atoms with Gasteiger partial charge >= 0.3 is 0 Å². The second-order valence-electron chi connectivity index (χ2n) is 20.3. The molecule has 78 heavy (non-hydrogen) atoms. The van der Waals surface area contributed by atoms with E-state index in [1.807, 2.05) is 0 Å². The van der Waals surface area contributed by atoms with Crippen LogP contribution in [-0.4, -0.2) is 0 Å². The maximum atomic E-state index is 7.53. The Morgan fingerprint density at radius 1 is 0.295 bits per heavy atom. The topological polar surface area (TPSA) is 19.6 Å². The number of para-hydroxylation sites is 2. The number of nitrogens with zero attached hydrogens (tertiary/aromatic N) is 2. The molecule has 1 aromatic heterocycles. The molecule has 13 aromatic carbocycles. The van der Waals surface area contributed by atoms with Gasteiger partial charge in [0.15, 0.2) is 0 Å². The number of anilines is 6. The summed E-state index contributed by atoms with van der Waals surface area (Å²) in [6, 6.07) is 110. The van der Waals surface area contributed by atoms with Gasteiger partial charge in [-0.15, -0.1) is 0 Å². The lowest BCUT2D eigenvalue weighted by atomic mass is 9.67. The molecule has 0 saturated heterocycles. The predicted molar refractivity (Wildman–Crippen MR) is 326 cm³/mol. The Hall–Kier alpha value is -10.2. The van der Waals surface area contributed by atoms with Crippen LogP contribution in [0.2, 0.25) is 0 Å². The maximum Gasteiger partial charge on any atom is 0.140 e. The van der Waals surface area contributed by atoms with Crippen molar-refractivity contribution in [3.05, 3.63) is 326 Å². The quantitative estimate of drug-likeness (QED) is 0.136. The third kappa shape index (κ3) is 7.20. The highest BCUT2D eigenvalue weighted by Gasteiger charge is 2.50. The van der Waals surface area contributed by atoms with Crippen LogP contribution in [-0.2, 0) is 5.41 Å². The molecular formula is C75H50N2O. The van der Waals surface area contributed by atoms with Crippen molar-refractivity contribution in [3.63, 3.8) is 0 Å². The lowest BCUT2D eigenvalue weighted by molar-refractivity contribution is 0.650. The number of benzene rings is 13. The number of fused-ring (bicyclic) bond motifs is 9. The molecule has 3 nitrogen and oxygen atoms in total. The Morgan fingerprint density at radius 3 is 1.35 bits per heavy atom. The average Bonchev–Trinajstić information content (AvgIpc) is 4.16. The summed E-state index contributed by atoms with van der Waals surface area (Å²) in [5, 5.41) is 6.73. The molecule has 0 saturated carbocycles. The van der Waals surface area contributed by atoms with Gasteiger partial charge in [0.1, 0.15) is 11.2 Å². The molecule has 0 radical (unpaired) electrons. The van der Waals surface area contributed by atoms with E-state index in [1.165, 1.54) is 55.3 Å². The number of hydrogen-bond donors (Lipinski definition) is 0. The first-order chi connectivity index (χ1) is 38.7. The molecule has 0 bridgehead atoms. The fourth-order valence-electron chi connectivity index (χ4n) is 12.7. The van der Waals surface area contributed by atoms with Gasteiger partial charge in [0.2, 0.25) is 0 Å². The minimum absolute atomic E-state index is 0.761. The SMILES string of the molecule is c1ccc(-c2ccc3c(N(c4ccccc4)c4ccc5oc6c7c(c(N(c8ccccc8)c8cccc9cc(-c%10ccccc%10)ccc89)cc6c5c4)-c4ccccc4C7(c4ccccc4)c4ccccc4)cccc3c2)cc1. The molecule has 1 aliphatic carbocycles. The van der Waals surface area contributed by atoms with Gasteiger partial charge in [0, 0.05) is 49.7 Å². The van der Waals surface area contributed by atoms with Crippen molar-refractivity contribution in [2.75, 3.05) is 9.80 Å². The van der Waals surface area contributed by atoms with Crippen LogP contribution in [0.25, 0.3) is 76.9 Å². The zero-order chi connectivity index (χ0) is 51.6. The summed E-state index contributed by atoms with van der Waals surface area (Å²) in [6.07, 6.45) is 0. The Balaban J connectivity index is 1.04. The Morgan fingerprint density at radius 2 is 0.782 bits per heavy atom. The van der Waals surface area contributed by atoms with Gasteiger partial charge in [-0.25, -0.2) is 0 Å². The molecule has 3 heteroatoms. The van der Waals surface area contributed by atoms with Crippen LogP contribution in [0.3, 0.4) is 0 Å².